The predicted molar refractivity (Wildman–Crippen MR) is 67.2 cm³/mol. The van der Waals surface area contributed by atoms with Gasteiger partial charge in [0.2, 0.25) is 0 Å². The maximum absolute atomic E-state index is 12.5. The fourth-order valence-corrected chi connectivity index (χ4v) is 2.20. The van der Waals surface area contributed by atoms with Crippen LogP contribution in [-0.4, -0.2) is 52.4 Å². The van der Waals surface area contributed by atoms with Crippen LogP contribution in [-0.2, 0) is 11.8 Å². The monoisotopic (exact) mass is 252 g/mol. The van der Waals surface area contributed by atoms with Gasteiger partial charge in [0.25, 0.3) is 5.91 Å². The van der Waals surface area contributed by atoms with Crippen LogP contribution < -0.4 is 5.73 Å². The van der Waals surface area contributed by atoms with Crippen LogP contribution in [0.2, 0.25) is 0 Å². The van der Waals surface area contributed by atoms with E-state index in [4.69, 9.17) is 10.5 Å². The molecule has 1 fully saturated rings. The number of rotatable bonds is 2. The first-order chi connectivity index (χ1) is 8.52. The highest BCUT2D eigenvalue weighted by atomic mass is 16.5. The minimum Gasteiger partial charge on any atom is -0.373 e. The van der Waals surface area contributed by atoms with Crippen LogP contribution >= 0.6 is 0 Å². The third kappa shape index (κ3) is 2.39. The van der Waals surface area contributed by atoms with Gasteiger partial charge >= 0.3 is 0 Å². The molecule has 0 bridgehead atoms. The van der Waals surface area contributed by atoms with Gasteiger partial charge in [-0.15, -0.1) is 0 Å². The summed E-state index contributed by atoms with van der Waals surface area (Å²) in [5, 5.41) is 4.20. The molecular weight excluding hydrogens is 232 g/mol. The van der Waals surface area contributed by atoms with Gasteiger partial charge in [-0.1, -0.05) is 0 Å². The second kappa shape index (κ2) is 5.07. The highest BCUT2D eigenvalue weighted by molar-refractivity contribution is 5.93. The molecule has 1 aromatic heterocycles. The van der Waals surface area contributed by atoms with Gasteiger partial charge < -0.3 is 15.4 Å². The van der Waals surface area contributed by atoms with Crippen LogP contribution in [0.4, 0.5) is 0 Å². The molecule has 2 heterocycles. The van der Waals surface area contributed by atoms with Crippen LogP contribution in [0.1, 0.15) is 23.1 Å². The highest BCUT2D eigenvalue weighted by Gasteiger charge is 2.30. The van der Waals surface area contributed by atoms with E-state index in [0.717, 1.165) is 5.69 Å². The number of amides is 1. The Hall–Kier alpha value is -1.40. The summed E-state index contributed by atoms with van der Waals surface area (Å²) in [5.74, 6) is -0.00708. The number of nitrogens with zero attached hydrogens (tertiary/aromatic N) is 3. The van der Waals surface area contributed by atoms with Crippen molar-refractivity contribution < 1.29 is 9.53 Å². The number of aryl methyl sites for hydroxylation is 2. The molecule has 0 aromatic carbocycles. The van der Waals surface area contributed by atoms with Crippen molar-refractivity contribution in [2.24, 2.45) is 12.8 Å². The van der Waals surface area contributed by atoms with E-state index < -0.39 is 0 Å². The van der Waals surface area contributed by atoms with Crippen LogP contribution in [0.25, 0.3) is 0 Å². The Morgan fingerprint density at radius 2 is 2.39 bits per heavy atom. The Morgan fingerprint density at radius 1 is 1.67 bits per heavy atom. The first kappa shape index (κ1) is 13.0. The number of ether oxygens (including phenoxy) is 1. The van der Waals surface area contributed by atoms with Gasteiger partial charge in [0.05, 0.1) is 24.4 Å². The molecule has 1 aliphatic heterocycles. The molecular formula is C12H20N4O2. The fraction of sp³-hybridized carbons (Fsp3) is 0.667. The number of hydrogen-bond acceptors (Lipinski definition) is 4. The fourth-order valence-electron chi connectivity index (χ4n) is 2.20. The Morgan fingerprint density at radius 3 is 2.94 bits per heavy atom. The van der Waals surface area contributed by atoms with Gasteiger partial charge in [0, 0.05) is 20.1 Å². The average Bonchev–Trinajstić information content (AvgIpc) is 2.68. The van der Waals surface area contributed by atoms with Crippen molar-refractivity contribution in [2.45, 2.75) is 26.0 Å². The molecule has 1 saturated heterocycles. The maximum atomic E-state index is 12.5. The largest absolute Gasteiger partial charge is 0.373 e. The van der Waals surface area contributed by atoms with E-state index in [1.165, 1.54) is 0 Å². The SMILES string of the molecule is Cc1cc(C(=O)N2CC(CN)OCC2C)n(C)n1. The highest BCUT2D eigenvalue weighted by Crippen LogP contribution is 2.15. The van der Waals surface area contributed by atoms with Crippen molar-refractivity contribution in [2.75, 3.05) is 19.7 Å². The van der Waals surface area contributed by atoms with Crippen molar-refractivity contribution in [1.82, 2.24) is 14.7 Å². The van der Waals surface area contributed by atoms with Crippen molar-refractivity contribution in [3.63, 3.8) is 0 Å². The second-order valence-corrected chi connectivity index (χ2v) is 4.79. The molecule has 6 nitrogen and oxygen atoms in total. The first-order valence-corrected chi connectivity index (χ1v) is 6.16. The van der Waals surface area contributed by atoms with Gasteiger partial charge in [-0.2, -0.15) is 5.10 Å². The van der Waals surface area contributed by atoms with Gasteiger partial charge in [-0.25, -0.2) is 0 Å². The van der Waals surface area contributed by atoms with Gasteiger partial charge in [0.1, 0.15) is 5.69 Å². The molecule has 2 rings (SSSR count). The molecule has 0 saturated carbocycles. The molecule has 100 valence electrons. The summed E-state index contributed by atoms with van der Waals surface area (Å²) in [6, 6.07) is 1.87. The van der Waals surface area contributed by atoms with E-state index >= 15 is 0 Å². The van der Waals surface area contributed by atoms with Crippen LogP contribution in [0.3, 0.4) is 0 Å². The zero-order chi connectivity index (χ0) is 13.3. The minimum absolute atomic E-state index is 0.00708. The van der Waals surface area contributed by atoms with Crippen LogP contribution in [0, 0.1) is 6.92 Å². The van der Waals surface area contributed by atoms with Gasteiger partial charge in [-0.05, 0) is 19.9 Å². The maximum Gasteiger partial charge on any atom is 0.272 e. The summed E-state index contributed by atoms with van der Waals surface area (Å²) >= 11 is 0. The molecule has 2 atom stereocenters. The molecule has 18 heavy (non-hydrogen) atoms. The second-order valence-electron chi connectivity index (χ2n) is 4.79. The molecule has 0 aliphatic carbocycles. The number of aromatic nitrogens is 2. The molecule has 6 heteroatoms. The van der Waals surface area contributed by atoms with E-state index in [-0.39, 0.29) is 18.1 Å². The molecule has 2 unspecified atom stereocenters. The Kier molecular flexibility index (Phi) is 3.68. The lowest BCUT2D eigenvalue weighted by atomic mass is 10.1. The smallest absolute Gasteiger partial charge is 0.272 e. The van der Waals surface area contributed by atoms with Gasteiger partial charge in [-0.3, -0.25) is 9.48 Å². The predicted octanol–water partition coefficient (Wildman–Crippen LogP) is -0.0833. The minimum atomic E-state index is -0.0699. The van der Waals surface area contributed by atoms with E-state index in [0.29, 0.717) is 25.4 Å². The third-order valence-corrected chi connectivity index (χ3v) is 3.25. The average molecular weight is 252 g/mol. The Balaban J connectivity index is 2.19. The number of nitrogens with two attached hydrogens (primary N) is 1. The summed E-state index contributed by atoms with van der Waals surface area (Å²) < 4.78 is 7.17. The van der Waals surface area contributed by atoms with Crippen molar-refractivity contribution in [3.05, 3.63) is 17.5 Å². The lowest BCUT2D eigenvalue weighted by Gasteiger charge is -2.37. The van der Waals surface area contributed by atoms with E-state index in [1.807, 2.05) is 24.8 Å². The zero-order valence-corrected chi connectivity index (χ0v) is 11.1. The van der Waals surface area contributed by atoms with Crippen molar-refractivity contribution >= 4 is 5.91 Å². The third-order valence-electron chi connectivity index (χ3n) is 3.25. The van der Waals surface area contributed by atoms with Crippen molar-refractivity contribution in [1.29, 1.82) is 0 Å². The molecule has 1 aliphatic rings. The van der Waals surface area contributed by atoms with E-state index in [1.54, 1.807) is 11.7 Å². The molecule has 0 spiro atoms. The lowest BCUT2D eigenvalue weighted by Crippen LogP contribution is -2.53. The molecule has 0 radical (unpaired) electrons. The lowest BCUT2D eigenvalue weighted by molar-refractivity contribution is -0.0429. The molecule has 1 amide bonds. The number of hydrogen-bond donors (Lipinski definition) is 1. The molecule has 1 aromatic rings. The molecule has 2 N–H and O–H groups in total. The topological polar surface area (TPSA) is 73.4 Å². The van der Waals surface area contributed by atoms with Crippen LogP contribution in [0.15, 0.2) is 6.07 Å². The van der Waals surface area contributed by atoms with E-state index in [9.17, 15) is 4.79 Å². The quantitative estimate of drug-likeness (QED) is 0.799. The number of carbonyl (C=O) groups is 1. The Labute approximate surface area is 107 Å². The zero-order valence-electron chi connectivity index (χ0n) is 11.1. The summed E-state index contributed by atoms with van der Waals surface area (Å²) in [6.07, 6.45) is -0.0699. The Bertz CT molecular complexity index is 443. The van der Waals surface area contributed by atoms with Crippen LogP contribution in [0.5, 0.6) is 0 Å². The summed E-state index contributed by atoms with van der Waals surface area (Å²) in [6.45, 7) is 5.36. The standard InChI is InChI=1S/C12H20N4O2/c1-8-4-11(15(3)14-8)12(17)16-6-10(5-13)18-7-9(16)2/h4,9-10H,5-7,13H2,1-3H3. The summed E-state index contributed by atoms with van der Waals surface area (Å²) in [4.78, 5) is 14.3. The van der Waals surface area contributed by atoms with Gasteiger partial charge in [0.15, 0.2) is 0 Å². The number of morpholine rings is 1. The van der Waals surface area contributed by atoms with E-state index in [2.05, 4.69) is 5.10 Å². The normalized spacial score (nSPS) is 24.3. The summed E-state index contributed by atoms with van der Waals surface area (Å²) in [5.41, 5.74) is 7.06. The number of carbonyl (C=O) groups excluding carboxylic acids is 1. The van der Waals surface area contributed by atoms with Crippen molar-refractivity contribution in [3.8, 4) is 0 Å². The first-order valence-electron chi connectivity index (χ1n) is 6.16. The summed E-state index contributed by atoms with van der Waals surface area (Å²) in [7, 11) is 1.78.